The Labute approximate surface area is 164 Å². The molecular formula is C20H13ClN2OS2. The Morgan fingerprint density at radius 3 is 2.50 bits per heavy atom. The van der Waals surface area contributed by atoms with Gasteiger partial charge in [0.25, 0.3) is 5.91 Å². The van der Waals surface area contributed by atoms with Gasteiger partial charge < -0.3 is 5.32 Å². The van der Waals surface area contributed by atoms with Crippen molar-refractivity contribution in [3.8, 4) is 0 Å². The van der Waals surface area contributed by atoms with Crippen LogP contribution in [0, 0.1) is 0 Å². The summed E-state index contributed by atoms with van der Waals surface area (Å²) in [6.07, 6.45) is 0. The maximum Gasteiger partial charge on any atom is 0.269 e. The first-order chi connectivity index (χ1) is 12.6. The van der Waals surface area contributed by atoms with E-state index in [1.165, 1.54) is 11.3 Å². The van der Waals surface area contributed by atoms with Crippen LogP contribution in [-0.4, -0.2) is 11.0 Å². The zero-order valence-electron chi connectivity index (χ0n) is 13.5. The van der Waals surface area contributed by atoms with Crippen molar-refractivity contribution < 1.29 is 4.79 Å². The second-order valence-electron chi connectivity index (χ2n) is 5.71. The van der Waals surface area contributed by atoms with Gasteiger partial charge in [0.15, 0.2) is 5.11 Å². The molecule has 1 amide bonds. The van der Waals surface area contributed by atoms with E-state index in [0.717, 1.165) is 26.5 Å². The van der Waals surface area contributed by atoms with E-state index in [-0.39, 0.29) is 11.0 Å². The third-order valence-corrected chi connectivity index (χ3v) is 5.85. The van der Waals surface area contributed by atoms with Crippen molar-refractivity contribution >= 4 is 72.7 Å². The molecule has 0 saturated heterocycles. The molecule has 0 bridgehead atoms. The third kappa shape index (κ3) is 3.29. The van der Waals surface area contributed by atoms with Crippen LogP contribution in [0.25, 0.3) is 20.9 Å². The molecule has 0 aliphatic carbocycles. The Hall–Kier alpha value is -2.47. The zero-order valence-corrected chi connectivity index (χ0v) is 15.8. The molecule has 1 heterocycles. The molecule has 128 valence electrons. The predicted molar refractivity (Wildman–Crippen MR) is 114 cm³/mol. The van der Waals surface area contributed by atoms with E-state index in [1.807, 2.05) is 66.7 Å². The summed E-state index contributed by atoms with van der Waals surface area (Å²) in [5.41, 5.74) is 0.816. The van der Waals surface area contributed by atoms with Gasteiger partial charge in [0, 0.05) is 15.8 Å². The number of nitrogens with one attached hydrogen (secondary N) is 2. The molecule has 0 aliphatic heterocycles. The molecule has 0 fully saturated rings. The molecule has 26 heavy (non-hydrogen) atoms. The Morgan fingerprint density at radius 1 is 0.962 bits per heavy atom. The number of hydrogen-bond donors (Lipinski definition) is 2. The molecule has 0 atom stereocenters. The molecule has 2 N–H and O–H groups in total. The van der Waals surface area contributed by atoms with Crippen LogP contribution in [0.1, 0.15) is 9.67 Å². The Bertz CT molecular complexity index is 1150. The van der Waals surface area contributed by atoms with Gasteiger partial charge in [-0.2, -0.15) is 0 Å². The number of carbonyl (C=O) groups excluding carboxylic acids is 1. The lowest BCUT2D eigenvalue weighted by Gasteiger charge is -2.10. The van der Waals surface area contributed by atoms with Crippen molar-refractivity contribution in [2.24, 2.45) is 0 Å². The summed E-state index contributed by atoms with van der Waals surface area (Å²) in [6, 6.07) is 21.6. The van der Waals surface area contributed by atoms with Crippen molar-refractivity contribution in [2.45, 2.75) is 0 Å². The Balaban J connectivity index is 1.51. The molecule has 0 saturated carbocycles. The van der Waals surface area contributed by atoms with Crippen LogP contribution in [0.2, 0.25) is 5.02 Å². The fraction of sp³-hybridized carbons (Fsp3) is 0. The minimum Gasteiger partial charge on any atom is -0.332 e. The second-order valence-corrected chi connectivity index (χ2v) is 7.55. The van der Waals surface area contributed by atoms with E-state index in [0.29, 0.717) is 9.90 Å². The van der Waals surface area contributed by atoms with Gasteiger partial charge in [0.2, 0.25) is 0 Å². The van der Waals surface area contributed by atoms with Gasteiger partial charge in [-0.1, -0.05) is 60.1 Å². The molecule has 0 unspecified atom stereocenters. The smallest absolute Gasteiger partial charge is 0.269 e. The summed E-state index contributed by atoms with van der Waals surface area (Å²) in [4.78, 5) is 13.0. The van der Waals surface area contributed by atoms with Crippen molar-refractivity contribution in [2.75, 3.05) is 5.32 Å². The molecule has 0 spiro atoms. The van der Waals surface area contributed by atoms with Gasteiger partial charge >= 0.3 is 0 Å². The summed E-state index contributed by atoms with van der Waals surface area (Å²) in [6.45, 7) is 0. The number of thiocarbonyl (C=S) groups is 1. The number of rotatable bonds is 2. The lowest BCUT2D eigenvalue weighted by Crippen LogP contribution is -2.33. The number of anilines is 1. The van der Waals surface area contributed by atoms with Gasteiger partial charge in [-0.3, -0.25) is 10.1 Å². The predicted octanol–water partition coefficient (Wildman–Crippen LogP) is 5.83. The van der Waals surface area contributed by atoms with Crippen molar-refractivity contribution in [1.82, 2.24) is 5.32 Å². The van der Waals surface area contributed by atoms with Gasteiger partial charge in [-0.25, -0.2) is 0 Å². The number of amides is 1. The minimum atomic E-state index is -0.311. The first-order valence-corrected chi connectivity index (χ1v) is 9.50. The quantitative estimate of drug-likeness (QED) is 0.418. The van der Waals surface area contributed by atoms with Crippen LogP contribution >= 0.6 is 35.2 Å². The lowest BCUT2D eigenvalue weighted by atomic mass is 10.1. The van der Waals surface area contributed by atoms with Crippen LogP contribution in [-0.2, 0) is 0 Å². The third-order valence-electron chi connectivity index (χ3n) is 3.98. The lowest BCUT2D eigenvalue weighted by molar-refractivity contribution is 0.0982. The topological polar surface area (TPSA) is 41.1 Å². The molecule has 0 aliphatic rings. The summed E-state index contributed by atoms with van der Waals surface area (Å²) < 4.78 is 0.969. The van der Waals surface area contributed by atoms with Crippen molar-refractivity contribution in [1.29, 1.82) is 0 Å². The first-order valence-electron chi connectivity index (χ1n) is 7.90. The largest absolute Gasteiger partial charge is 0.332 e. The summed E-state index contributed by atoms with van der Waals surface area (Å²) >= 11 is 13.0. The number of benzene rings is 3. The number of thiophene rings is 1. The van der Waals surface area contributed by atoms with E-state index in [4.69, 9.17) is 23.8 Å². The van der Waals surface area contributed by atoms with E-state index >= 15 is 0 Å². The van der Waals surface area contributed by atoms with Crippen LogP contribution in [0.4, 0.5) is 5.69 Å². The van der Waals surface area contributed by atoms with Crippen LogP contribution in [0.5, 0.6) is 0 Å². The van der Waals surface area contributed by atoms with Gasteiger partial charge in [-0.15, -0.1) is 11.3 Å². The normalized spacial score (nSPS) is 10.8. The van der Waals surface area contributed by atoms with Gasteiger partial charge in [-0.05, 0) is 41.2 Å². The molecule has 3 nitrogen and oxygen atoms in total. The molecule has 3 aromatic carbocycles. The summed E-state index contributed by atoms with van der Waals surface area (Å²) in [7, 11) is 0. The summed E-state index contributed by atoms with van der Waals surface area (Å²) in [5, 5.41) is 9.55. The van der Waals surface area contributed by atoms with Crippen LogP contribution in [0.3, 0.4) is 0 Å². The van der Waals surface area contributed by atoms with Gasteiger partial charge in [0.05, 0.1) is 5.02 Å². The van der Waals surface area contributed by atoms with Crippen molar-refractivity contribution in [3.63, 3.8) is 0 Å². The molecule has 4 aromatic rings. The van der Waals surface area contributed by atoms with Crippen molar-refractivity contribution in [3.05, 3.63) is 76.6 Å². The number of halogens is 1. The molecule has 0 radical (unpaired) electrons. The minimum absolute atomic E-state index is 0.235. The summed E-state index contributed by atoms with van der Waals surface area (Å²) in [5.74, 6) is -0.311. The van der Waals surface area contributed by atoms with Crippen LogP contribution < -0.4 is 10.6 Å². The highest BCUT2D eigenvalue weighted by Gasteiger charge is 2.17. The first kappa shape index (κ1) is 17.0. The molecular weight excluding hydrogens is 384 g/mol. The highest BCUT2D eigenvalue weighted by Crippen LogP contribution is 2.35. The fourth-order valence-corrected chi connectivity index (χ4v) is 4.37. The molecule has 4 rings (SSSR count). The molecule has 6 heteroatoms. The van der Waals surface area contributed by atoms with Gasteiger partial charge in [0.1, 0.15) is 4.88 Å². The second kappa shape index (κ2) is 7.03. The monoisotopic (exact) mass is 396 g/mol. The highest BCUT2D eigenvalue weighted by molar-refractivity contribution is 7.80. The maximum atomic E-state index is 12.5. The standard InChI is InChI=1S/C20H13ClN2OS2/c21-17-15-7-3-4-8-16(15)26-18(17)19(24)23-20(25)22-14-10-9-12-5-1-2-6-13(12)11-14/h1-11H,(H2,22,23,24,25). The van der Waals surface area contributed by atoms with E-state index in [1.54, 1.807) is 0 Å². The van der Waals surface area contributed by atoms with Crippen LogP contribution in [0.15, 0.2) is 66.7 Å². The SMILES string of the molecule is O=C(NC(=S)Nc1ccc2ccccc2c1)c1sc2ccccc2c1Cl. The van der Waals surface area contributed by atoms with E-state index in [9.17, 15) is 4.79 Å². The maximum absolute atomic E-state index is 12.5. The molecule has 1 aromatic heterocycles. The number of carbonyl (C=O) groups is 1. The average Bonchev–Trinajstić information content (AvgIpc) is 2.99. The Kier molecular flexibility index (Phi) is 4.59. The number of hydrogen-bond acceptors (Lipinski definition) is 3. The van der Waals surface area contributed by atoms with E-state index in [2.05, 4.69) is 10.6 Å². The zero-order chi connectivity index (χ0) is 18.1. The highest BCUT2D eigenvalue weighted by atomic mass is 35.5. The fourth-order valence-electron chi connectivity index (χ4n) is 2.75. The average molecular weight is 397 g/mol. The number of fused-ring (bicyclic) bond motifs is 2. The van der Waals surface area contributed by atoms with E-state index < -0.39 is 0 Å². The Morgan fingerprint density at radius 2 is 1.69 bits per heavy atom.